The number of amides is 1. The molecule has 0 saturated heterocycles. The van der Waals surface area contributed by atoms with E-state index in [0.717, 1.165) is 26.7 Å². The number of aryl methyl sites for hydroxylation is 1. The molecular formula is C19H12ClFN2OS. The Morgan fingerprint density at radius 2 is 1.96 bits per heavy atom. The molecule has 1 N–H and O–H groups in total. The first kappa shape index (κ1) is 16.0. The molecule has 25 heavy (non-hydrogen) atoms. The van der Waals surface area contributed by atoms with Crippen LogP contribution in [-0.4, -0.2) is 10.9 Å². The van der Waals surface area contributed by atoms with E-state index >= 15 is 0 Å². The molecule has 3 nitrogen and oxygen atoms in total. The average Bonchev–Trinajstić information content (AvgIpc) is 2.98. The summed E-state index contributed by atoms with van der Waals surface area (Å²) in [7, 11) is 0. The van der Waals surface area contributed by atoms with Crippen LogP contribution in [0.3, 0.4) is 0 Å². The molecule has 1 amide bonds. The van der Waals surface area contributed by atoms with Gasteiger partial charge in [-0.3, -0.25) is 4.79 Å². The van der Waals surface area contributed by atoms with Crippen molar-refractivity contribution in [3.05, 3.63) is 69.8 Å². The number of rotatable bonds is 2. The Hall–Kier alpha value is -2.50. The number of halogens is 2. The third kappa shape index (κ3) is 3.08. The minimum absolute atomic E-state index is 0.161. The molecule has 124 valence electrons. The van der Waals surface area contributed by atoms with Crippen LogP contribution in [-0.2, 0) is 0 Å². The Morgan fingerprint density at radius 3 is 2.76 bits per heavy atom. The van der Waals surface area contributed by atoms with Crippen molar-refractivity contribution < 1.29 is 9.18 Å². The highest BCUT2D eigenvalue weighted by Crippen LogP contribution is 2.29. The van der Waals surface area contributed by atoms with Gasteiger partial charge >= 0.3 is 0 Å². The number of anilines is 1. The topological polar surface area (TPSA) is 42.0 Å². The lowest BCUT2D eigenvalue weighted by Crippen LogP contribution is -2.10. The van der Waals surface area contributed by atoms with Crippen LogP contribution < -0.4 is 5.32 Å². The summed E-state index contributed by atoms with van der Waals surface area (Å²) in [6, 6.07) is 13.8. The van der Waals surface area contributed by atoms with Crippen molar-refractivity contribution in [2.24, 2.45) is 0 Å². The second-order valence-electron chi connectivity index (χ2n) is 5.77. The van der Waals surface area contributed by atoms with Crippen molar-refractivity contribution >= 4 is 55.7 Å². The number of aromatic nitrogens is 1. The number of thiophene rings is 1. The van der Waals surface area contributed by atoms with Crippen molar-refractivity contribution in [2.45, 2.75) is 6.92 Å². The number of nitrogens with one attached hydrogen (secondary N) is 1. The zero-order valence-corrected chi connectivity index (χ0v) is 14.7. The first-order chi connectivity index (χ1) is 12.0. The summed E-state index contributed by atoms with van der Waals surface area (Å²) >= 11 is 7.27. The maximum atomic E-state index is 13.1. The van der Waals surface area contributed by atoms with Crippen molar-refractivity contribution in [1.82, 2.24) is 4.98 Å². The van der Waals surface area contributed by atoms with E-state index in [0.29, 0.717) is 10.6 Å². The summed E-state index contributed by atoms with van der Waals surface area (Å²) in [5, 5.41) is 4.83. The van der Waals surface area contributed by atoms with Gasteiger partial charge in [0.1, 0.15) is 10.6 Å². The van der Waals surface area contributed by atoms with Crippen LogP contribution in [0, 0.1) is 12.7 Å². The van der Waals surface area contributed by atoms with E-state index in [4.69, 9.17) is 11.6 Å². The number of carbonyl (C=O) groups is 1. The molecule has 0 atom stereocenters. The molecule has 0 radical (unpaired) electrons. The standard InChI is InChI=1S/C19H12ClFN2OS/c1-10-2-4-15-11(6-10)7-12-8-17(25-19(12)23-15)18(24)22-16-5-3-13(21)9-14(16)20/h2-9H,1H3,(H,22,24). The number of hydrogen-bond donors (Lipinski definition) is 1. The summed E-state index contributed by atoms with van der Waals surface area (Å²) < 4.78 is 13.1. The van der Waals surface area contributed by atoms with Crippen molar-refractivity contribution in [3.63, 3.8) is 0 Å². The van der Waals surface area contributed by atoms with Gasteiger partial charge in [0.15, 0.2) is 0 Å². The lowest BCUT2D eigenvalue weighted by atomic mass is 10.1. The Balaban J connectivity index is 1.70. The van der Waals surface area contributed by atoms with Crippen LogP contribution in [0.25, 0.3) is 21.1 Å². The van der Waals surface area contributed by atoms with Gasteiger partial charge in [-0.2, -0.15) is 0 Å². The molecule has 2 heterocycles. The predicted octanol–water partition coefficient (Wildman–Crippen LogP) is 5.80. The summed E-state index contributed by atoms with van der Waals surface area (Å²) in [6.07, 6.45) is 0. The SMILES string of the molecule is Cc1ccc2nc3sc(C(=O)Nc4ccc(F)cc4Cl)cc3cc2c1. The first-order valence-electron chi connectivity index (χ1n) is 7.57. The molecule has 2 aromatic carbocycles. The van der Waals surface area contributed by atoms with E-state index in [1.54, 1.807) is 0 Å². The maximum Gasteiger partial charge on any atom is 0.265 e. The zero-order chi connectivity index (χ0) is 17.6. The number of carbonyl (C=O) groups excluding carboxylic acids is 1. The van der Waals surface area contributed by atoms with Crippen molar-refractivity contribution in [1.29, 1.82) is 0 Å². The van der Waals surface area contributed by atoms with E-state index in [2.05, 4.69) is 16.4 Å². The van der Waals surface area contributed by atoms with Gasteiger partial charge in [0, 0.05) is 10.8 Å². The van der Waals surface area contributed by atoms with E-state index in [9.17, 15) is 9.18 Å². The average molecular weight is 371 g/mol. The summed E-state index contributed by atoms with van der Waals surface area (Å²) in [4.78, 5) is 18.4. The van der Waals surface area contributed by atoms with E-state index in [1.807, 2.05) is 31.2 Å². The molecule has 0 aliphatic rings. The number of nitrogens with zero attached hydrogens (tertiary/aromatic N) is 1. The van der Waals surface area contributed by atoms with Crippen LogP contribution in [0.4, 0.5) is 10.1 Å². The third-order valence-corrected chi connectivity index (χ3v) is 5.22. The lowest BCUT2D eigenvalue weighted by molar-refractivity contribution is 0.103. The Kier molecular flexibility index (Phi) is 3.90. The zero-order valence-electron chi connectivity index (χ0n) is 13.1. The molecule has 0 fully saturated rings. The Morgan fingerprint density at radius 1 is 1.12 bits per heavy atom. The summed E-state index contributed by atoms with van der Waals surface area (Å²) in [5.74, 6) is -0.743. The van der Waals surface area contributed by atoms with Gasteiger partial charge in [-0.1, -0.05) is 23.2 Å². The van der Waals surface area contributed by atoms with E-state index in [-0.39, 0.29) is 10.9 Å². The van der Waals surface area contributed by atoms with Gasteiger partial charge in [-0.25, -0.2) is 9.37 Å². The molecule has 0 saturated carbocycles. The monoisotopic (exact) mass is 370 g/mol. The molecular weight excluding hydrogens is 359 g/mol. The summed E-state index contributed by atoms with van der Waals surface area (Å²) in [5.41, 5.74) is 2.43. The molecule has 0 aliphatic carbocycles. The molecule has 0 spiro atoms. The second kappa shape index (κ2) is 6.10. The fraction of sp³-hybridized carbons (Fsp3) is 0.0526. The number of benzene rings is 2. The van der Waals surface area contributed by atoms with E-state index < -0.39 is 5.82 Å². The molecule has 0 aliphatic heterocycles. The second-order valence-corrected chi connectivity index (χ2v) is 7.21. The molecule has 2 aromatic heterocycles. The predicted molar refractivity (Wildman–Crippen MR) is 101 cm³/mol. The molecule has 0 bridgehead atoms. The van der Waals surface area contributed by atoms with Crippen LogP contribution in [0.1, 0.15) is 15.2 Å². The Bertz CT molecular complexity index is 1140. The van der Waals surface area contributed by atoms with Crippen LogP contribution >= 0.6 is 22.9 Å². The normalized spacial score (nSPS) is 11.2. The molecule has 4 rings (SSSR count). The number of hydrogen-bond acceptors (Lipinski definition) is 3. The minimum atomic E-state index is -0.448. The van der Waals surface area contributed by atoms with Crippen molar-refractivity contribution in [3.8, 4) is 0 Å². The van der Waals surface area contributed by atoms with Gasteiger partial charge in [0.25, 0.3) is 5.91 Å². The van der Waals surface area contributed by atoms with Crippen molar-refractivity contribution in [2.75, 3.05) is 5.32 Å². The highest BCUT2D eigenvalue weighted by Gasteiger charge is 2.14. The van der Waals surface area contributed by atoms with Crippen LogP contribution in [0.2, 0.25) is 5.02 Å². The molecule has 0 unspecified atom stereocenters. The quantitative estimate of drug-likeness (QED) is 0.484. The van der Waals surface area contributed by atoms with Gasteiger partial charge < -0.3 is 5.32 Å². The lowest BCUT2D eigenvalue weighted by Gasteiger charge is -2.05. The van der Waals surface area contributed by atoms with Gasteiger partial charge in [-0.15, -0.1) is 11.3 Å². The fourth-order valence-corrected chi connectivity index (χ4v) is 3.77. The number of fused-ring (bicyclic) bond motifs is 2. The Labute approximate surface area is 152 Å². The highest BCUT2D eigenvalue weighted by molar-refractivity contribution is 7.20. The maximum absolute atomic E-state index is 13.1. The third-order valence-electron chi connectivity index (χ3n) is 3.86. The van der Waals surface area contributed by atoms with E-state index in [1.165, 1.54) is 29.5 Å². The largest absolute Gasteiger partial charge is 0.320 e. The minimum Gasteiger partial charge on any atom is -0.320 e. The molecule has 6 heteroatoms. The van der Waals surface area contributed by atoms with Crippen LogP contribution in [0.5, 0.6) is 0 Å². The van der Waals surface area contributed by atoms with Gasteiger partial charge in [-0.05, 0) is 49.4 Å². The fourth-order valence-electron chi connectivity index (χ4n) is 2.64. The van der Waals surface area contributed by atoms with Gasteiger partial charge in [0.2, 0.25) is 0 Å². The van der Waals surface area contributed by atoms with Gasteiger partial charge in [0.05, 0.1) is 21.1 Å². The summed E-state index contributed by atoms with van der Waals surface area (Å²) in [6.45, 7) is 2.03. The van der Waals surface area contributed by atoms with Crippen LogP contribution in [0.15, 0.2) is 48.5 Å². The molecule has 4 aromatic rings. The number of pyridine rings is 1. The highest BCUT2D eigenvalue weighted by atomic mass is 35.5. The smallest absolute Gasteiger partial charge is 0.265 e. The first-order valence-corrected chi connectivity index (χ1v) is 8.76.